The van der Waals surface area contributed by atoms with Crippen LogP contribution < -0.4 is 0 Å². The molecule has 0 spiro atoms. The third kappa shape index (κ3) is 4.87. The quantitative estimate of drug-likeness (QED) is 0.569. The van der Waals surface area contributed by atoms with Gasteiger partial charge in [-0.25, -0.2) is 8.42 Å². The van der Waals surface area contributed by atoms with E-state index >= 15 is 0 Å². The van der Waals surface area contributed by atoms with Crippen LogP contribution in [0.2, 0.25) is 0 Å². The van der Waals surface area contributed by atoms with Crippen molar-refractivity contribution in [2.45, 2.75) is 37.7 Å². The van der Waals surface area contributed by atoms with Crippen LogP contribution >= 0.6 is 0 Å². The molecule has 1 aromatic carbocycles. The number of hydrogen-bond donors (Lipinski definition) is 3. The first-order valence-corrected chi connectivity index (χ1v) is 11.2. The minimum Gasteiger partial charge on any atom is -0.459 e. The van der Waals surface area contributed by atoms with Gasteiger partial charge in [-0.05, 0) is 54.7 Å². The summed E-state index contributed by atoms with van der Waals surface area (Å²) in [7, 11) is -3.46. The first kappa shape index (κ1) is 21.5. The monoisotopic (exact) mass is 418 g/mol. The van der Waals surface area contributed by atoms with E-state index in [4.69, 9.17) is 4.42 Å². The van der Waals surface area contributed by atoms with Crippen molar-refractivity contribution in [1.29, 1.82) is 0 Å². The summed E-state index contributed by atoms with van der Waals surface area (Å²) in [5, 5.41) is 28.4. The van der Waals surface area contributed by atoms with E-state index in [1.165, 1.54) is 0 Å². The van der Waals surface area contributed by atoms with Crippen molar-refractivity contribution in [3.8, 4) is 0 Å². The van der Waals surface area contributed by atoms with Crippen LogP contribution in [0.25, 0.3) is 11.6 Å². The maximum absolute atomic E-state index is 12.2. The highest BCUT2D eigenvalue weighted by molar-refractivity contribution is 7.92. The Kier molecular flexibility index (Phi) is 6.74. The molecule has 3 rings (SSSR count). The Bertz CT molecular complexity index is 1000. The van der Waals surface area contributed by atoms with Crippen molar-refractivity contribution >= 4 is 21.5 Å². The van der Waals surface area contributed by atoms with E-state index in [9.17, 15) is 23.7 Å². The molecule has 0 bridgehead atoms. The van der Waals surface area contributed by atoms with Gasteiger partial charge >= 0.3 is 0 Å². The highest BCUT2D eigenvalue weighted by Gasteiger charge is 2.39. The lowest BCUT2D eigenvalue weighted by atomic mass is 9.93. The fraction of sp³-hybridized carbons (Fsp3) is 0.364. The molecule has 2 atom stereocenters. The van der Waals surface area contributed by atoms with Crippen LogP contribution in [0.1, 0.15) is 36.8 Å². The minimum atomic E-state index is -3.46. The molecule has 0 amide bonds. The number of benzene rings is 1. The standard InChI is InChI=1S/C22H26O6S/c1-15-14-29(26,27)21(13-24)22(15)20(25)10-7-17(16-5-3-2-4-6-16)11-18-8-9-19(12-23)28-18/h2-6,8-9,11,20-21,23-25H,7,10,12-14H2,1H3/b17-11-/t20-,21+/m1/s1. The van der Waals surface area contributed by atoms with Gasteiger partial charge in [0, 0.05) is 0 Å². The van der Waals surface area contributed by atoms with Crippen molar-refractivity contribution in [2.75, 3.05) is 12.4 Å². The topological polar surface area (TPSA) is 108 Å². The minimum absolute atomic E-state index is 0.123. The molecule has 156 valence electrons. The molecule has 6 nitrogen and oxygen atoms in total. The molecule has 0 fully saturated rings. The predicted octanol–water partition coefficient (Wildman–Crippen LogP) is 2.56. The fourth-order valence-corrected chi connectivity index (χ4v) is 5.74. The summed E-state index contributed by atoms with van der Waals surface area (Å²) in [6, 6.07) is 13.1. The maximum Gasteiger partial charge on any atom is 0.163 e. The van der Waals surface area contributed by atoms with E-state index in [1.54, 1.807) is 19.1 Å². The Morgan fingerprint density at radius 1 is 1.21 bits per heavy atom. The number of rotatable bonds is 8. The second kappa shape index (κ2) is 9.09. The fourth-order valence-electron chi connectivity index (χ4n) is 3.79. The second-order valence-corrected chi connectivity index (χ2v) is 9.45. The zero-order valence-corrected chi connectivity index (χ0v) is 17.1. The van der Waals surface area contributed by atoms with Crippen molar-refractivity contribution in [3.63, 3.8) is 0 Å². The lowest BCUT2D eigenvalue weighted by Crippen LogP contribution is -2.29. The number of allylic oxidation sites excluding steroid dienone is 1. The number of hydrogen-bond acceptors (Lipinski definition) is 6. The number of furan rings is 1. The largest absolute Gasteiger partial charge is 0.459 e. The molecule has 0 saturated carbocycles. The SMILES string of the molecule is CC1=C([C@H](O)CC/C(=C/c2ccc(CO)o2)c2ccccc2)[C@H](CO)S(=O)(=O)C1. The summed E-state index contributed by atoms with van der Waals surface area (Å²) in [6.45, 7) is 0.987. The Morgan fingerprint density at radius 3 is 2.55 bits per heavy atom. The maximum atomic E-state index is 12.2. The summed E-state index contributed by atoms with van der Waals surface area (Å²) in [4.78, 5) is 0. The van der Waals surface area contributed by atoms with Crippen LogP contribution in [0.4, 0.5) is 0 Å². The van der Waals surface area contributed by atoms with E-state index < -0.39 is 27.8 Å². The lowest BCUT2D eigenvalue weighted by Gasteiger charge is -2.19. The molecule has 1 aromatic heterocycles. The van der Waals surface area contributed by atoms with Gasteiger partial charge in [0.25, 0.3) is 0 Å². The smallest absolute Gasteiger partial charge is 0.163 e. The molecule has 1 aliphatic heterocycles. The summed E-state index contributed by atoms with van der Waals surface area (Å²) in [5.74, 6) is 0.934. The lowest BCUT2D eigenvalue weighted by molar-refractivity contribution is 0.190. The highest BCUT2D eigenvalue weighted by Crippen LogP contribution is 2.33. The van der Waals surface area contributed by atoms with Crippen molar-refractivity contribution in [2.24, 2.45) is 0 Å². The van der Waals surface area contributed by atoms with Gasteiger partial charge in [-0.15, -0.1) is 0 Å². The first-order chi connectivity index (χ1) is 13.9. The molecule has 7 heteroatoms. The molecule has 3 N–H and O–H groups in total. The molecule has 0 radical (unpaired) electrons. The Labute approximate surface area is 170 Å². The van der Waals surface area contributed by atoms with Gasteiger partial charge in [0.2, 0.25) is 0 Å². The normalized spacial score (nSPS) is 20.3. The van der Waals surface area contributed by atoms with Crippen LogP contribution in [-0.2, 0) is 16.4 Å². The average molecular weight is 419 g/mol. The molecule has 0 unspecified atom stereocenters. The van der Waals surface area contributed by atoms with Gasteiger partial charge in [-0.1, -0.05) is 35.9 Å². The zero-order chi connectivity index (χ0) is 21.0. The summed E-state index contributed by atoms with van der Waals surface area (Å²) < 4.78 is 29.9. The molecule has 1 aliphatic rings. The number of aliphatic hydroxyl groups is 3. The summed E-state index contributed by atoms with van der Waals surface area (Å²) in [5.41, 5.74) is 2.91. The average Bonchev–Trinajstić information content (AvgIpc) is 3.25. The third-order valence-electron chi connectivity index (χ3n) is 5.20. The number of aliphatic hydroxyl groups excluding tert-OH is 3. The van der Waals surface area contributed by atoms with Gasteiger partial charge in [0.15, 0.2) is 9.84 Å². The zero-order valence-electron chi connectivity index (χ0n) is 16.3. The Balaban J connectivity index is 1.83. The Morgan fingerprint density at radius 2 is 1.93 bits per heavy atom. The van der Waals surface area contributed by atoms with Crippen LogP contribution in [0, 0.1) is 0 Å². The summed E-state index contributed by atoms with van der Waals surface area (Å²) >= 11 is 0. The van der Waals surface area contributed by atoms with Gasteiger partial charge in [0.05, 0.1) is 18.5 Å². The van der Waals surface area contributed by atoms with Gasteiger partial charge in [-0.2, -0.15) is 0 Å². The first-order valence-electron chi connectivity index (χ1n) is 9.51. The van der Waals surface area contributed by atoms with Gasteiger partial charge < -0.3 is 19.7 Å². The van der Waals surface area contributed by atoms with Gasteiger partial charge in [0.1, 0.15) is 23.4 Å². The molecule has 2 aromatic rings. The third-order valence-corrected chi connectivity index (χ3v) is 7.31. The molecule has 29 heavy (non-hydrogen) atoms. The van der Waals surface area contributed by atoms with E-state index in [-0.39, 0.29) is 12.4 Å². The van der Waals surface area contributed by atoms with Crippen molar-refractivity contribution < 1.29 is 28.2 Å². The van der Waals surface area contributed by atoms with Gasteiger partial charge in [-0.3, -0.25) is 0 Å². The van der Waals surface area contributed by atoms with E-state index in [2.05, 4.69) is 0 Å². The van der Waals surface area contributed by atoms with Crippen molar-refractivity contribution in [1.82, 2.24) is 0 Å². The van der Waals surface area contributed by atoms with Crippen LogP contribution in [0.5, 0.6) is 0 Å². The van der Waals surface area contributed by atoms with E-state index in [0.717, 1.165) is 11.1 Å². The van der Waals surface area contributed by atoms with Crippen LogP contribution in [0.15, 0.2) is 58.0 Å². The molecule has 0 saturated heterocycles. The van der Waals surface area contributed by atoms with Crippen molar-refractivity contribution in [3.05, 3.63) is 70.7 Å². The molecule has 2 heterocycles. The van der Waals surface area contributed by atoms with Crippen LogP contribution in [-0.4, -0.2) is 47.5 Å². The molecular formula is C22H26O6S. The Hall–Kier alpha value is -2.19. The highest BCUT2D eigenvalue weighted by atomic mass is 32.2. The number of sulfone groups is 1. The predicted molar refractivity (Wildman–Crippen MR) is 112 cm³/mol. The molecule has 0 aliphatic carbocycles. The van der Waals surface area contributed by atoms with E-state index in [1.807, 2.05) is 36.4 Å². The summed E-state index contributed by atoms with van der Waals surface area (Å²) in [6.07, 6.45) is 1.70. The molecular weight excluding hydrogens is 392 g/mol. The van der Waals surface area contributed by atoms with E-state index in [0.29, 0.717) is 35.5 Å². The second-order valence-electron chi connectivity index (χ2n) is 7.27. The van der Waals surface area contributed by atoms with Crippen LogP contribution in [0.3, 0.4) is 0 Å².